The molecule has 1 aromatic carbocycles. The van der Waals surface area contributed by atoms with Gasteiger partial charge in [-0.25, -0.2) is 8.42 Å². The molecular weight excluding hydrogens is 298 g/mol. The van der Waals surface area contributed by atoms with Crippen LogP contribution in [0.15, 0.2) is 18.2 Å². The fraction of sp³-hybridized carbons (Fsp3) is 0.417. The summed E-state index contributed by atoms with van der Waals surface area (Å²) in [5.41, 5.74) is 6.12. The van der Waals surface area contributed by atoms with Gasteiger partial charge in [-0.15, -0.1) is 0 Å². The van der Waals surface area contributed by atoms with Gasteiger partial charge in [0.2, 0.25) is 5.91 Å². The summed E-state index contributed by atoms with van der Waals surface area (Å²) in [7, 11) is -3.22. The van der Waals surface area contributed by atoms with E-state index in [2.05, 4.69) is 5.32 Å². The lowest BCUT2D eigenvalue weighted by Gasteiger charge is -2.12. The molecule has 1 atom stereocenters. The number of sulfone groups is 1. The minimum absolute atomic E-state index is 0.0415. The molecule has 8 nitrogen and oxygen atoms in total. The van der Waals surface area contributed by atoms with Gasteiger partial charge in [-0.1, -0.05) is 6.07 Å². The summed E-state index contributed by atoms with van der Waals surface area (Å²) >= 11 is 0. The average molecular weight is 315 g/mol. The van der Waals surface area contributed by atoms with Gasteiger partial charge >= 0.3 is 0 Å². The number of carbonyl (C=O) groups is 1. The molecule has 0 saturated heterocycles. The van der Waals surface area contributed by atoms with Crippen LogP contribution in [0.1, 0.15) is 12.0 Å². The van der Waals surface area contributed by atoms with Crippen molar-refractivity contribution in [3.8, 4) is 0 Å². The summed E-state index contributed by atoms with van der Waals surface area (Å²) < 4.78 is 22.1. The third kappa shape index (κ3) is 5.48. The Morgan fingerprint density at radius 3 is 2.62 bits per heavy atom. The van der Waals surface area contributed by atoms with Gasteiger partial charge in [0, 0.05) is 12.3 Å². The minimum Gasteiger partial charge on any atom is -0.320 e. The van der Waals surface area contributed by atoms with Crippen LogP contribution in [0.3, 0.4) is 0 Å². The molecule has 0 saturated carbocycles. The maximum Gasteiger partial charge on any atom is 0.292 e. The smallest absolute Gasteiger partial charge is 0.292 e. The largest absolute Gasteiger partial charge is 0.320 e. The van der Waals surface area contributed by atoms with Gasteiger partial charge < -0.3 is 11.1 Å². The van der Waals surface area contributed by atoms with Crippen molar-refractivity contribution >= 4 is 27.1 Å². The Morgan fingerprint density at radius 1 is 1.48 bits per heavy atom. The van der Waals surface area contributed by atoms with Crippen LogP contribution < -0.4 is 11.1 Å². The highest BCUT2D eigenvalue weighted by Crippen LogP contribution is 2.25. The molecule has 1 rings (SSSR count). The van der Waals surface area contributed by atoms with Crippen LogP contribution in [0.4, 0.5) is 11.4 Å². The summed E-state index contributed by atoms with van der Waals surface area (Å²) in [6.07, 6.45) is 0.993. The Morgan fingerprint density at radius 2 is 2.10 bits per heavy atom. The van der Waals surface area contributed by atoms with Crippen molar-refractivity contribution in [2.24, 2.45) is 5.73 Å². The normalized spacial score (nSPS) is 12.7. The van der Waals surface area contributed by atoms with Crippen molar-refractivity contribution in [2.75, 3.05) is 17.3 Å². The summed E-state index contributed by atoms with van der Waals surface area (Å²) in [6, 6.07) is 3.24. The van der Waals surface area contributed by atoms with E-state index in [9.17, 15) is 23.3 Å². The Balaban J connectivity index is 2.83. The van der Waals surface area contributed by atoms with Crippen molar-refractivity contribution in [1.29, 1.82) is 0 Å². The number of nitrogens with zero attached hydrogens (tertiary/aromatic N) is 1. The first-order valence-corrected chi connectivity index (χ1v) is 8.15. The molecule has 1 aromatic rings. The van der Waals surface area contributed by atoms with Crippen molar-refractivity contribution in [1.82, 2.24) is 0 Å². The lowest BCUT2D eigenvalue weighted by Crippen LogP contribution is -2.37. The summed E-state index contributed by atoms with van der Waals surface area (Å²) in [5.74, 6) is -0.885. The van der Waals surface area contributed by atoms with Crippen molar-refractivity contribution in [2.45, 2.75) is 19.4 Å². The fourth-order valence-corrected chi connectivity index (χ4v) is 2.29. The zero-order valence-corrected chi connectivity index (χ0v) is 12.5. The first kappa shape index (κ1) is 17.1. The van der Waals surface area contributed by atoms with E-state index in [1.54, 1.807) is 13.0 Å². The number of carbonyl (C=O) groups excluding carboxylic acids is 1. The zero-order valence-electron chi connectivity index (χ0n) is 11.7. The van der Waals surface area contributed by atoms with Gasteiger partial charge in [0.25, 0.3) is 5.69 Å². The van der Waals surface area contributed by atoms with Gasteiger partial charge in [-0.05, 0) is 25.0 Å². The lowest BCUT2D eigenvalue weighted by atomic mass is 10.1. The predicted molar refractivity (Wildman–Crippen MR) is 78.8 cm³/mol. The Kier molecular flexibility index (Phi) is 5.39. The molecular formula is C12H17N3O5S. The molecule has 116 valence electrons. The number of nitro benzene ring substituents is 1. The van der Waals surface area contributed by atoms with Crippen LogP contribution in [0, 0.1) is 17.0 Å². The molecule has 1 unspecified atom stereocenters. The van der Waals surface area contributed by atoms with Gasteiger partial charge in [0.05, 0.1) is 16.7 Å². The first-order valence-electron chi connectivity index (χ1n) is 6.09. The number of amides is 1. The van der Waals surface area contributed by atoms with Crippen LogP contribution in [-0.2, 0) is 14.6 Å². The molecule has 0 heterocycles. The number of aryl methyl sites for hydroxylation is 1. The Hall–Kier alpha value is -2.00. The number of nitrogens with two attached hydrogens (primary N) is 1. The van der Waals surface area contributed by atoms with Crippen molar-refractivity contribution < 1.29 is 18.1 Å². The summed E-state index contributed by atoms with van der Waals surface area (Å²) in [4.78, 5) is 22.1. The second kappa shape index (κ2) is 6.64. The van der Waals surface area contributed by atoms with E-state index in [0.717, 1.165) is 11.8 Å². The predicted octanol–water partition coefficient (Wildman–Crippen LogP) is 0.604. The molecule has 0 spiro atoms. The highest BCUT2D eigenvalue weighted by molar-refractivity contribution is 7.90. The number of hydrogen-bond acceptors (Lipinski definition) is 6. The maximum atomic E-state index is 11.9. The molecule has 9 heteroatoms. The maximum absolute atomic E-state index is 11.9. The molecule has 1 amide bonds. The molecule has 0 aliphatic rings. The van der Waals surface area contributed by atoms with Crippen molar-refractivity contribution in [3.63, 3.8) is 0 Å². The Labute approximate surface area is 122 Å². The number of hydrogen-bond donors (Lipinski definition) is 2. The zero-order chi connectivity index (χ0) is 16.2. The SMILES string of the molecule is Cc1ccc([N+](=O)[O-])c(NC(=O)C(N)CCS(C)(=O)=O)c1. The standard InChI is InChI=1S/C12H17N3O5S/c1-8-3-4-11(15(17)18)10(7-8)14-12(16)9(13)5-6-21(2,19)20/h3-4,7,9H,5-6,13H2,1-2H3,(H,14,16). The third-order valence-corrected chi connectivity index (χ3v) is 3.72. The number of rotatable bonds is 6. The van der Waals surface area contributed by atoms with Gasteiger partial charge in [0.15, 0.2) is 0 Å². The van der Waals surface area contributed by atoms with Crippen LogP contribution in [-0.4, -0.2) is 37.3 Å². The van der Waals surface area contributed by atoms with Crippen LogP contribution in [0.2, 0.25) is 0 Å². The third-order valence-electron chi connectivity index (χ3n) is 2.74. The van der Waals surface area contributed by atoms with E-state index in [-0.39, 0.29) is 23.5 Å². The van der Waals surface area contributed by atoms with Gasteiger partial charge in [0.1, 0.15) is 15.5 Å². The average Bonchev–Trinajstić information content (AvgIpc) is 2.34. The fourth-order valence-electron chi connectivity index (χ4n) is 1.61. The molecule has 0 bridgehead atoms. The molecule has 0 aliphatic heterocycles. The summed E-state index contributed by atoms with van der Waals surface area (Å²) in [5, 5.41) is 13.3. The van der Waals surface area contributed by atoms with Gasteiger partial charge in [-0.2, -0.15) is 0 Å². The second-order valence-corrected chi connectivity index (χ2v) is 7.05. The molecule has 0 fully saturated rings. The number of benzene rings is 1. The topological polar surface area (TPSA) is 132 Å². The van der Waals surface area contributed by atoms with Crippen LogP contribution >= 0.6 is 0 Å². The highest BCUT2D eigenvalue weighted by atomic mass is 32.2. The molecule has 0 radical (unpaired) electrons. The summed E-state index contributed by atoms with van der Waals surface area (Å²) in [6.45, 7) is 1.73. The van der Waals surface area contributed by atoms with Crippen LogP contribution in [0.25, 0.3) is 0 Å². The second-order valence-electron chi connectivity index (χ2n) is 4.79. The highest BCUT2D eigenvalue weighted by Gasteiger charge is 2.20. The quantitative estimate of drug-likeness (QED) is 0.583. The van der Waals surface area contributed by atoms with E-state index in [1.165, 1.54) is 12.1 Å². The first-order chi connectivity index (χ1) is 9.60. The number of anilines is 1. The van der Waals surface area contributed by atoms with E-state index < -0.39 is 26.7 Å². The van der Waals surface area contributed by atoms with E-state index in [1.807, 2.05) is 0 Å². The van der Waals surface area contributed by atoms with Gasteiger partial charge in [-0.3, -0.25) is 14.9 Å². The molecule has 21 heavy (non-hydrogen) atoms. The molecule has 3 N–H and O–H groups in total. The van der Waals surface area contributed by atoms with E-state index >= 15 is 0 Å². The number of nitro groups is 1. The van der Waals surface area contributed by atoms with E-state index in [4.69, 9.17) is 5.73 Å². The van der Waals surface area contributed by atoms with Crippen LogP contribution in [0.5, 0.6) is 0 Å². The monoisotopic (exact) mass is 315 g/mol. The van der Waals surface area contributed by atoms with E-state index in [0.29, 0.717) is 0 Å². The molecule has 0 aromatic heterocycles. The number of nitrogens with one attached hydrogen (secondary N) is 1. The van der Waals surface area contributed by atoms with Crippen molar-refractivity contribution in [3.05, 3.63) is 33.9 Å². The Bertz CT molecular complexity index is 657. The lowest BCUT2D eigenvalue weighted by molar-refractivity contribution is -0.383. The minimum atomic E-state index is -3.22. The molecule has 0 aliphatic carbocycles.